The number of piperidine rings is 1. The molecular formula is C29H34FN5O3. The Morgan fingerprint density at radius 2 is 1.97 bits per heavy atom. The molecule has 0 saturated carbocycles. The molecule has 1 aromatic carbocycles. The SMILES string of the molecule is Cn1c(=O)[nH]c2c3cc(-c4ccc(OCCCN5CCCCC5)nc4)c(F)cc3nc(C3CCOCC3)c21. The molecule has 2 aliphatic rings. The van der Waals surface area contributed by atoms with Crippen LogP contribution in [0, 0.1) is 5.82 Å². The number of aromatic nitrogens is 4. The average Bonchev–Trinajstić information content (AvgIpc) is 3.25. The number of ether oxygens (including phenoxy) is 2. The van der Waals surface area contributed by atoms with Gasteiger partial charge in [0.25, 0.3) is 0 Å². The third kappa shape index (κ3) is 4.92. The Balaban J connectivity index is 1.26. The van der Waals surface area contributed by atoms with Gasteiger partial charge in [-0.05, 0) is 57.3 Å². The van der Waals surface area contributed by atoms with E-state index in [9.17, 15) is 4.79 Å². The molecule has 2 saturated heterocycles. The Bertz CT molecular complexity index is 1480. The van der Waals surface area contributed by atoms with Crippen LogP contribution in [-0.4, -0.2) is 63.9 Å². The summed E-state index contributed by atoms with van der Waals surface area (Å²) in [6, 6.07) is 6.83. The maximum absolute atomic E-state index is 15.4. The molecule has 0 radical (unpaired) electrons. The van der Waals surface area contributed by atoms with E-state index in [0.29, 0.717) is 53.2 Å². The van der Waals surface area contributed by atoms with Crippen molar-refractivity contribution in [3.63, 3.8) is 0 Å². The molecule has 2 aliphatic heterocycles. The molecule has 38 heavy (non-hydrogen) atoms. The molecule has 9 heteroatoms. The number of likely N-dealkylation sites (tertiary alicyclic amines) is 1. The molecule has 200 valence electrons. The summed E-state index contributed by atoms with van der Waals surface area (Å²) in [5, 5.41) is 0.711. The summed E-state index contributed by atoms with van der Waals surface area (Å²) < 4.78 is 28.4. The minimum atomic E-state index is -0.377. The smallest absolute Gasteiger partial charge is 0.326 e. The maximum atomic E-state index is 15.4. The lowest BCUT2D eigenvalue weighted by Gasteiger charge is -2.26. The minimum absolute atomic E-state index is 0.163. The molecule has 0 spiro atoms. The second-order valence-corrected chi connectivity index (χ2v) is 10.4. The summed E-state index contributed by atoms with van der Waals surface area (Å²) >= 11 is 0. The van der Waals surface area contributed by atoms with Crippen LogP contribution >= 0.6 is 0 Å². The van der Waals surface area contributed by atoms with Crippen molar-refractivity contribution in [1.29, 1.82) is 0 Å². The van der Waals surface area contributed by atoms with Crippen LogP contribution in [0.1, 0.15) is 50.1 Å². The third-order valence-corrected chi connectivity index (χ3v) is 7.92. The Morgan fingerprint density at radius 3 is 2.74 bits per heavy atom. The largest absolute Gasteiger partial charge is 0.478 e. The molecule has 0 aliphatic carbocycles. The maximum Gasteiger partial charge on any atom is 0.326 e. The van der Waals surface area contributed by atoms with Crippen molar-refractivity contribution in [2.45, 2.75) is 44.4 Å². The second-order valence-electron chi connectivity index (χ2n) is 10.4. The number of fused-ring (bicyclic) bond motifs is 3. The third-order valence-electron chi connectivity index (χ3n) is 7.92. The summed E-state index contributed by atoms with van der Waals surface area (Å²) in [5.74, 6) is 0.320. The number of pyridine rings is 2. The molecule has 8 nitrogen and oxygen atoms in total. The van der Waals surface area contributed by atoms with E-state index in [4.69, 9.17) is 14.5 Å². The first kappa shape index (κ1) is 25.0. The molecule has 6 rings (SSSR count). The lowest BCUT2D eigenvalue weighted by atomic mass is 9.93. The van der Waals surface area contributed by atoms with Gasteiger partial charge in [-0.1, -0.05) is 6.42 Å². The number of aromatic amines is 1. The molecule has 2 fully saturated rings. The summed E-state index contributed by atoms with van der Waals surface area (Å²) in [4.78, 5) is 27.4. The van der Waals surface area contributed by atoms with Gasteiger partial charge in [-0.3, -0.25) is 9.55 Å². The zero-order valence-corrected chi connectivity index (χ0v) is 21.8. The van der Waals surface area contributed by atoms with Crippen molar-refractivity contribution in [2.75, 3.05) is 39.5 Å². The van der Waals surface area contributed by atoms with Crippen LogP contribution in [0.4, 0.5) is 4.39 Å². The number of nitrogens with one attached hydrogen (secondary N) is 1. The number of rotatable bonds is 7. The molecule has 3 aromatic heterocycles. The molecule has 0 bridgehead atoms. The van der Waals surface area contributed by atoms with Gasteiger partial charge in [0.2, 0.25) is 5.88 Å². The lowest BCUT2D eigenvalue weighted by Crippen LogP contribution is -2.31. The van der Waals surface area contributed by atoms with Crippen LogP contribution in [0.5, 0.6) is 5.88 Å². The molecular weight excluding hydrogens is 485 g/mol. The van der Waals surface area contributed by atoms with Crippen LogP contribution in [0.3, 0.4) is 0 Å². The van der Waals surface area contributed by atoms with Crippen molar-refractivity contribution in [3.8, 4) is 17.0 Å². The van der Waals surface area contributed by atoms with Gasteiger partial charge < -0.3 is 19.4 Å². The standard InChI is InChI=1S/C29H34FN5O3/c1-34-28-26(19-8-14-37-15-9-19)32-24-17-23(30)21(16-22(24)27(28)33-29(34)36)20-6-7-25(31-18-20)38-13-5-12-35-10-3-2-4-11-35/h6-7,16-19H,2-5,8-15H2,1H3,(H,33,36). The number of hydrogen-bond donors (Lipinski definition) is 1. The van der Waals surface area contributed by atoms with Crippen LogP contribution < -0.4 is 10.4 Å². The fourth-order valence-electron chi connectivity index (χ4n) is 5.80. The topological polar surface area (TPSA) is 85.3 Å². The predicted molar refractivity (Wildman–Crippen MR) is 145 cm³/mol. The van der Waals surface area contributed by atoms with Crippen LogP contribution in [0.2, 0.25) is 0 Å². The molecule has 1 N–H and O–H groups in total. The van der Waals surface area contributed by atoms with E-state index in [1.165, 1.54) is 38.4 Å². The summed E-state index contributed by atoms with van der Waals surface area (Å²) in [5.41, 5.74) is 3.66. The molecule has 0 unspecified atom stereocenters. The van der Waals surface area contributed by atoms with Gasteiger partial charge in [0.1, 0.15) is 5.82 Å². The van der Waals surface area contributed by atoms with E-state index >= 15 is 4.39 Å². The van der Waals surface area contributed by atoms with Gasteiger partial charge in [0, 0.05) is 67.6 Å². The van der Waals surface area contributed by atoms with E-state index < -0.39 is 0 Å². The van der Waals surface area contributed by atoms with Gasteiger partial charge >= 0.3 is 5.69 Å². The second kappa shape index (κ2) is 10.8. The highest BCUT2D eigenvalue weighted by Gasteiger charge is 2.24. The van der Waals surface area contributed by atoms with Gasteiger partial charge in [-0.25, -0.2) is 14.2 Å². The summed E-state index contributed by atoms with van der Waals surface area (Å²) in [7, 11) is 1.75. The highest BCUT2D eigenvalue weighted by Crippen LogP contribution is 2.36. The number of hydrogen-bond acceptors (Lipinski definition) is 6. The highest BCUT2D eigenvalue weighted by molar-refractivity contribution is 6.05. The van der Waals surface area contributed by atoms with Crippen molar-refractivity contribution < 1.29 is 13.9 Å². The van der Waals surface area contributed by atoms with E-state index in [2.05, 4.69) is 14.9 Å². The molecule has 5 heterocycles. The van der Waals surface area contributed by atoms with E-state index in [1.807, 2.05) is 6.07 Å². The number of halogens is 1. The monoisotopic (exact) mass is 519 g/mol. The Morgan fingerprint density at radius 1 is 1.16 bits per heavy atom. The Hall–Kier alpha value is -3.30. The Kier molecular flexibility index (Phi) is 7.12. The molecule has 4 aromatic rings. The fourth-order valence-corrected chi connectivity index (χ4v) is 5.80. The first-order valence-electron chi connectivity index (χ1n) is 13.7. The number of imidazole rings is 1. The molecule has 0 amide bonds. The van der Waals surface area contributed by atoms with Crippen LogP contribution in [0.15, 0.2) is 35.3 Å². The lowest BCUT2D eigenvalue weighted by molar-refractivity contribution is 0.0848. The van der Waals surface area contributed by atoms with Gasteiger partial charge in [0.05, 0.1) is 28.9 Å². The predicted octanol–water partition coefficient (Wildman–Crippen LogP) is 4.76. The zero-order chi connectivity index (χ0) is 26.1. The normalized spacial score (nSPS) is 17.4. The first-order chi connectivity index (χ1) is 18.6. The molecule has 0 atom stereocenters. The van der Waals surface area contributed by atoms with Crippen molar-refractivity contribution >= 4 is 21.9 Å². The van der Waals surface area contributed by atoms with Gasteiger partial charge in [-0.2, -0.15) is 0 Å². The van der Waals surface area contributed by atoms with E-state index in [1.54, 1.807) is 29.9 Å². The van der Waals surface area contributed by atoms with Crippen LogP contribution in [0.25, 0.3) is 33.1 Å². The average molecular weight is 520 g/mol. The quantitative estimate of drug-likeness (QED) is 0.354. The van der Waals surface area contributed by atoms with Crippen molar-refractivity contribution in [3.05, 3.63) is 52.5 Å². The highest BCUT2D eigenvalue weighted by atomic mass is 19.1. The zero-order valence-electron chi connectivity index (χ0n) is 21.8. The van der Waals surface area contributed by atoms with Gasteiger partial charge in [-0.15, -0.1) is 0 Å². The summed E-state index contributed by atoms with van der Waals surface area (Å²) in [6.45, 7) is 5.32. The van der Waals surface area contributed by atoms with Crippen molar-refractivity contribution in [1.82, 2.24) is 24.4 Å². The first-order valence-corrected chi connectivity index (χ1v) is 13.7. The van der Waals surface area contributed by atoms with Crippen LogP contribution in [-0.2, 0) is 11.8 Å². The fraction of sp³-hybridized carbons (Fsp3) is 0.483. The summed E-state index contributed by atoms with van der Waals surface area (Å²) in [6.07, 6.45) is 8.15. The van der Waals surface area contributed by atoms with E-state index in [0.717, 1.165) is 37.0 Å². The van der Waals surface area contributed by atoms with E-state index in [-0.39, 0.29) is 17.4 Å². The number of benzene rings is 1. The Labute approximate surface area is 220 Å². The van der Waals surface area contributed by atoms with Gasteiger partial charge in [0.15, 0.2) is 0 Å². The number of nitrogens with zero attached hydrogens (tertiary/aromatic N) is 4. The minimum Gasteiger partial charge on any atom is -0.478 e. The van der Waals surface area contributed by atoms with Crippen molar-refractivity contribution in [2.24, 2.45) is 7.05 Å². The number of aryl methyl sites for hydroxylation is 1. The number of H-pyrrole nitrogens is 1.